The highest BCUT2D eigenvalue weighted by atomic mass is 32.2. The summed E-state index contributed by atoms with van der Waals surface area (Å²) in [7, 11) is -4.23. The molecule has 5 rings (SSSR count). The van der Waals surface area contributed by atoms with Gasteiger partial charge in [0.1, 0.15) is 22.8 Å². The van der Waals surface area contributed by atoms with Crippen LogP contribution in [0, 0.1) is 0 Å². The van der Waals surface area contributed by atoms with Gasteiger partial charge in [-0.05, 0) is 17.7 Å². The van der Waals surface area contributed by atoms with Crippen molar-refractivity contribution < 1.29 is 26.3 Å². The summed E-state index contributed by atoms with van der Waals surface area (Å²) in [5.41, 5.74) is 1.70. The van der Waals surface area contributed by atoms with Gasteiger partial charge in [-0.25, -0.2) is 13.4 Å². The molecule has 0 spiro atoms. The van der Waals surface area contributed by atoms with Crippen LogP contribution in [0.2, 0.25) is 0 Å². The number of hydrogen-bond donors (Lipinski definition) is 0. The molecule has 2 aromatic heterocycles. The minimum absolute atomic E-state index is 0.0510. The number of aromatic nitrogens is 4. The van der Waals surface area contributed by atoms with Crippen LogP contribution in [0.15, 0.2) is 72.0 Å². The quantitative estimate of drug-likeness (QED) is 0.412. The van der Waals surface area contributed by atoms with Crippen molar-refractivity contribution in [1.29, 1.82) is 0 Å². The van der Waals surface area contributed by atoms with E-state index in [4.69, 9.17) is 0 Å². The van der Waals surface area contributed by atoms with Gasteiger partial charge in [0.25, 0.3) is 5.78 Å². The molecule has 2 aromatic carbocycles. The minimum atomic E-state index is -5.01. The molecule has 0 N–H and O–H groups in total. The van der Waals surface area contributed by atoms with Gasteiger partial charge in [0, 0.05) is 37.9 Å². The third-order valence-electron chi connectivity index (χ3n) is 5.60. The van der Waals surface area contributed by atoms with Crippen LogP contribution in [-0.4, -0.2) is 64.8 Å². The van der Waals surface area contributed by atoms with Crippen LogP contribution in [0.4, 0.5) is 19.0 Å². The normalized spacial score (nSPS) is 15.5. The molecule has 9 nitrogen and oxygen atoms in total. The van der Waals surface area contributed by atoms with Crippen LogP contribution in [-0.2, 0) is 10.0 Å². The van der Waals surface area contributed by atoms with Crippen molar-refractivity contribution >= 4 is 21.6 Å². The molecule has 0 atom stereocenters. The monoisotopic (exact) mass is 504 g/mol. The van der Waals surface area contributed by atoms with Crippen LogP contribution in [0.1, 0.15) is 0 Å². The van der Waals surface area contributed by atoms with E-state index in [0.29, 0.717) is 11.6 Å². The van der Waals surface area contributed by atoms with Gasteiger partial charge in [-0.1, -0.05) is 42.5 Å². The first-order valence-corrected chi connectivity index (χ1v) is 12.0. The number of rotatable bonds is 5. The number of alkyl halides is 3. The van der Waals surface area contributed by atoms with E-state index in [9.17, 15) is 21.6 Å². The van der Waals surface area contributed by atoms with Crippen molar-refractivity contribution in [2.45, 2.75) is 11.3 Å². The fraction of sp³-hybridized carbons (Fsp3) is 0.227. The molecule has 0 aliphatic carbocycles. The molecule has 0 bridgehead atoms. The summed E-state index contributed by atoms with van der Waals surface area (Å²) in [6, 6.07) is 14.3. The lowest BCUT2D eigenvalue weighted by molar-refractivity contribution is -0.275. The second-order valence-corrected chi connectivity index (χ2v) is 9.63. The Bertz CT molecular complexity index is 1450. The maximum atomic E-state index is 13.2. The molecule has 0 amide bonds. The molecule has 1 saturated heterocycles. The van der Waals surface area contributed by atoms with E-state index in [1.54, 1.807) is 10.7 Å². The predicted octanol–water partition coefficient (Wildman–Crippen LogP) is 3.20. The highest BCUT2D eigenvalue weighted by Crippen LogP contribution is 2.34. The summed E-state index contributed by atoms with van der Waals surface area (Å²) in [5, 5.41) is 4.29. The van der Waals surface area contributed by atoms with Crippen LogP contribution in [0.25, 0.3) is 16.9 Å². The van der Waals surface area contributed by atoms with Crippen molar-refractivity contribution in [2.24, 2.45) is 0 Å². The number of hydrogen-bond acceptors (Lipinski definition) is 7. The first-order chi connectivity index (χ1) is 16.7. The summed E-state index contributed by atoms with van der Waals surface area (Å²) in [6.07, 6.45) is -1.93. The average molecular weight is 504 g/mol. The second-order valence-electron chi connectivity index (χ2n) is 7.72. The topological polar surface area (TPSA) is 92.9 Å². The number of sulfonamides is 1. The van der Waals surface area contributed by atoms with Gasteiger partial charge in [-0.3, -0.25) is 0 Å². The smallest absolute Gasteiger partial charge is 0.404 e. The van der Waals surface area contributed by atoms with Gasteiger partial charge >= 0.3 is 6.36 Å². The largest absolute Gasteiger partial charge is 0.573 e. The van der Waals surface area contributed by atoms with Gasteiger partial charge in [0.2, 0.25) is 10.0 Å². The lowest BCUT2D eigenvalue weighted by Gasteiger charge is -2.36. The van der Waals surface area contributed by atoms with Crippen molar-refractivity contribution in [3.05, 3.63) is 67.1 Å². The summed E-state index contributed by atoms with van der Waals surface area (Å²) in [5.74, 6) is 0.344. The SMILES string of the molecule is O=S(=O)(c1ccccc1OC(F)(F)F)N1CCN(c2c(-c3ccccc3)cnc3ncnn23)CC1. The fourth-order valence-electron chi connectivity index (χ4n) is 4.04. The van der Waals surface area contributed by atoms with Gasteiger partial charge in [0.15, 0.2) is 0 Å². The highest BCUT2D eigenvalue weighted by molar-refractivity contribution is 7.89. The molecular formula is C22H19F3N6O3S. The van der Waals surface area contributed by atoms with Crippen molar-refractivity contribution in [2.75, 3.05) is 31.1 Å². The summed E-state index contributed by atoms with van der Waals surface area (Å²) in [4.78, 5) is 9.94. The zero-order valence-corrected chi connectivity index (χ0v) is 18.9. The van der Waals surface area contributed by atoms with Crippen molar-refractivity contribution in [3.8, 4) is 16.9 Å². The Morgan fingerprint density at radius 2 is 1.57 bits per heavy atom. The standard InChI is InChI=1S/C22H19F3N6O3S/c23-22(24,25)34-18-8-4-5-9-19(18)35(32,33)30-12-10-29(11-13-30)20-17(16-6-2-1-3-7-16)14-26-21-27-15-28-31(20)21/h1-9,14-15H,10-13H2. The second kappa shape index (κ2) is 8.82. The van der Waals surface area contributed by atoms with Crippen molar-refractivity contribution in [3.63, 3.8) is 0 Å². The molecular weight excluding hydrogens is 485 g/mol. The molecule has 35 heavy (non-hydrogen) atoms. The van der Waals surface area contributed by atoms with Gasteiger partial charge in [0.05, 0.1) is 0 Å². The first-order valence-electron chi connectivity index (χ1n) is 10.6. The zero-order chi connectivity index (χ0) is 24.6. The third-order valence-corrected chi connectivity index (χ3v) is 7.53. The van der Waals surface area contributed by atoms with Gasteiger partial charge in [-0.2, -0.15) is 18.9 Å². The van der Waals surface area contributed by atoms with Crippen LogP contribution >= 0.6 is 0 Å². The average Bonchev–Trinajstić information content (AvgIpc) is 3.32. The number of para-hydroxylation sites is 1. The molecule has 0 saturated carbocycles. The number of benzene rings is 2. The summed E-state index contributed by atoms with van der Waals surface area (Å²) < 4.78 is 71.6. The third kappa shape index (κ3) is 4.51. The van der Waals surface area contributed by atoms with E-state index >= 15 is 0 Å². The van der Waals surface area contributed by atoms with Gasteiger partial charge in [-0.15, -0.1) is 13.2 Å². The number of nitrogens with zero attached hydrogens (tertiary/aromatic N) is 6. The molecule has 1 aliphatic rings. The number of piperazine rings is 1. The Labute approximate surface area is 198 Å². The lowest BCUT2D eigenvalue weighted by atomic mass is 10.1. The predicted molar refractivity (Wildman–Crippen MR) is 120 cm³/mol. The molecule has 0 radical (unpaired) electrons. The van der Waals surface area contributed by atoms with Gasteiger partial charge < -0.3 is 9.64 Å². The van der Waals surface area contributed by atoms with E-state index in [1.807, 2.05) is 35.2 Å². The molecule has 3 heterocycles. The minimum Gasteiger partial charge on any atom is -0.404 e. The number of anilines is 1. The Balaban J connectivity index is 1.44. The lowest BCUT2D eigenvalue weighted by Crippen LogP contribution is -2.49. The Morgan fingerprint density at radius 1 is 0.886 bits per heavy atom. The molecule has 182 valence electrons. The van der Waals surface area contributed by atoms with Crippen LogP contribution < -0.4 is 9.64 Å². The Morgan fingerprint density at radius 3 is 2.29 bits per heavy atom. The van der Waals surface area contributed by atoms with E-state index in [0.717, 1.165) is 27.6 Å². The number of fused-ring (bicyclic) bond motifs is 1. The first kappa shape index (κ1) is 23.1. The molecule has 4 aromatic rings. The van der Waals surface area contributed by atoms with Crippen LogP contribution in [0.3, 0.4) is 0 Å². The van der Waals surface area contributed by atoms with E-state index < -0.39 is 27.0 Å². The number of halogens is 3. The molecule has 0 unspecified atom stereocenters. The summed E-state index contributed by atoms with van der Waals surface area (Å²) >= 11 is 0. The van der Waals surface area contributed by atoms with E-state index in [1.165, 1.54) is 18.5 Å². The summed E-state index contributed by atoms with van der Waals surface area (Å²) in [6.45, 7) is 0.658. The number of ether oxygens (including phenoxy) is 1. The molecule has 1 aliphatic heterocycles. The Hall–Kier alpha value is -3.71. The van der Waals surface area contributed by atoms with Crippen molar-refractivity contribution in [1.82, 2.24) is 23.9 Å². The fourth-order valence-corrected chi connectivity index (χ4v) is 5.58. The van der Waals surface area contributed by atoms with E-state index in [-0.39, 0.29) is 26.2 Å². The maximum Gasteiger partial charge on any atom is 0.573 e. The molecule has 1 fully saturated rings. The zero-order valence-electron chi connectivity index (χ0n) is 18.1. The maximum absolute atomic E-state index is 13.2. The molecule has 13 heteroatoms. The van der Waals surface area contributed by atoms with Crippen LogP contribution in [0.5, 0.6) is 5.75 Å². The Kier molecular flexibility index (Phi) is 5.81. The highest BCUT2D eigenvalue weighted by Gasteiger charge is 2.37. The van der Waals surface area contributed by atoms with E-state index in [2.05, 4.69) is 19.8 Å².